The number of rotatable bonds is 8. The second-order valence-electron chi connectivity index (χ2n) is 13.1. The number of aryl methyl sites for hydroxylation is 1. The van der Waals surface area contributed by atoms with Gasteiger partial charge in [-0.1, -0.05) is 148 Å². The van der Waals surface area contributed by atoms with Gasteiger partial charge in [0.05, 0.1) is 5.69 Å². The van der Waals surface area contributed by atoms with Crippen molar-refractivity contribution >= 4 is 23.0 Å². The average molecular weight is 627 g/mol. The van der Waals surface area contributed by atoms with Crippen LogP contribution in [0.4, 0.5) is 11.4 Å². The molecule has 1 atom stereocenters. The van der Waals surface area contributed by atoms with Crippen molar-refractivity contribution in [2.75, 3.05) is 10.2 Å². The van der Waals surface area contributed by atoms with E-state index in [1.807, 2.05) is 18.4 Å². The normalized spacial score (nSPS) is 18.4. The summed E-state index contributed by atoms with van der Waals surface area (Å²) in [4.78, 5) is 2.45. The van der Waals surface area contributed by atoms with Gasteiger partial charge in [0.25, 0.3) is 0 Å². The molecule has 1 aliphatic heterocycles. The standard InChI is InChI=1S/C46H46N2/c1-5-19-36(37-21-10-8-11-22-37)31-33-48(40-26-17-25-39(34-40)46(3,4)42-28-15-12-20-35(42)2)44-30-18-29-43-45(44)41-27-14-13-24-38(41)23-9-6-7-16-32-47-43/h5-16,18-24,27-34,39,47H,1,17,25-26H2,2-4H3/b7-6-,23-9-,32-16+,33-31-,36-19+. The van der Waals surface area contributed by atoms with Gasteiger partial charge in [-0.25, -0.2) is 0 Å². The molecule has 1 heterocycles. The Bertz CT molecular complexity index is 1930. The van der Waals surface area contributed by atoms with Gasteiger partial charge in [0, 0.05) is 29.3 Å². The van der Waals surface area contributed by atoms with Crippen molar-refractivity contribution < 1.29 is 0 Å². The van der Waals surface area contributed by atoms with E-state index in [1.54, 1.807) is 0 Å². The number of fused-ring (bicyclic) bond motifs is 3. The van der Waals surface area contributed by atoms with Crippen LogP contribution in [-0.2, 0) is 5.41 Å². The molecule has 0 saturated heterocycles. The van der Waals surface area contributed by atoms with E-state index in [0.717, 1.165) is 41.8 Å². The molecule has 1 aliphatic carbocycles. The first kappa shape index (κ1) is 32.6. The summed E-state index contributed by atoms with van der Waals surface area (Å²) in [6.45, 7) is 11.1. The van der Waals surface area contributed by atoms with Crippen molar-refractivity contribution in [1.82, 2.24) is 0 Å². The minimum absolute atomic E-state index is 0.0129. The number of allylic oxidation sites excluding steroid dienone is 10. The molecule has 2 nitrogen and oxygen atoms in total. The predicted octanol–water partition coefficient (Wildman–Crippen LogP) is 12.4. The van der Waals surface area contributed by atoms with Gasteiger partial charge in [0.15, 0.2) is 0 Å². The maximum Gasteiger partial charge on any atom is 0.0551 e. The number of nitrogens with zero attached hydrogens (tertiary/aromatic N) is 1. The summed E-state index contributed by atoms with van der Waals surface area (Å²) >= 11 is 0. The Morgan fingerprint density at radius 3 is 2.46 bits per heavy atom. The van der Waals surface area contributed by atoms with Crippen molar-refractivity contribution in [3.8, 4) is 11.1 Å². The lowest BCUT2D eigenvalue weighted by Gasteiger charge is -2.39. The third kappa shape index (κ3) is 7.14. The zero-order valence-corrected chi connectivity index (χ0v) is 28.4. The molecular formula is C46H46N2. The van der Waals surface area contributed by atoms with Crippen LogP contribution in [-0.4, -0.2) is 0 Å². The van der Waals surface area contributed by atoms with Gasteiger partial charge in [-0.2, -0.15) is 0 Å². The van der Waals surface area contributed by atoms with Crippen LogP contribution in [0.2, 0.25) is 0 Å². The van der Waals surface area contributed by atoms with Gasteiger partial charge in [-0.15, -0.1) is 0 Å². The summed E-state index contributed by atoms with van der Waals surface area (Å²) in [7, 11) is 0. The van der Waals surface area contributed by atoms with E-state index in [1.165, 1.54) is 33.5 Å². The van der Waals surface area contributed by atoms with E-state index in [-0.39, 0.29) is 5.41 Å². The molecule has 4 aromatic rings. The van der Waals surface area contributed by atoms with Gasteiger partial charge < -0.3 is 10.2 Å². The number of benzene rings is 4. The number of anilines is 2. The van der Waals surface area contributed by atoms with Crippen LogP contribution in [0.15, 0.2) is 170 Å². The third-order valence-corrected chi connectivity index (χ3v) is 9.70. The molecule has 0 radical (unpaired) electrons. The summed E-state index contributed by atoms with van der Waals surface area (Å²) < 4.78 is 0. The molecular weight excluding hydrogens is 581 g/mol. The number of nitrogens with one attached hydrogen (secondary N) is 1. The molecule has 0 spiro atoms. The molecule has 0 amide bonds. The molecule has 1 unspecified atom stereocenters. The first-order chi connectivity index (χ1) is 23.5. The molecule has 2 heteroatoms. The summed E-state index contributed by atoms with van der Waals surface area (Å²) in [5.74, 6) is 0.388. The molecule has 240 valence electrons. The largest absolute Gasteiger partial charge is 0.361 e. The number of hydrogen-bond donors (Lipinski definition) is 1. The van der Waals surface area contributed by atoms with Gasteiger partial charge in [-0.3, -0.25) is 0 Å². The van der Waals surface area contributed by atoms with Crippen LogP contribution in [0.5, 0.6) is 0 Å². The molecule has 0 bridgehead atoms. The molecule has 4 aromatic carbocycles. The van der Waals surface area contributed by atoms with Gasteiger partial charge in [0.1, 0.15) is 0 Å². The number of hydrogen-bond acceptors (Lipinski definition) is 2. The van der Waals surface area contributed by atoms with Crippen LogP contribution in [0, 0.1) is 12.8 Å². The van der Waals surface area contributed by atoms with Crippen LogP contribution in [0.3, 0.4) is 0 Å². The van der Waals surface area contributed by atoms with Crippen molar-refractivity contribution in [3.05, 3.63) is 193 Å². The molecule has 48 heavy (non-hydrogen) atoms. The molecule has 0 saturated carbocycles. The third-order valence-electron chi connectivity index (χ3n) is 9.70. The highest BCUT2D eigenvalue weighted by Crippen LogP contribution is 2.45. The highest BCUT2D eigenvalue weighted by molar-refractivity contribution is 5.94. The molecule has 0 fully saturated rings. The van der Waals surface area contributed by atoms with E-state index >= 15 is 0 Å². The van der Waals surface area contributed by atoms with Crippen molar-refractivity contribution in [1.29, 1.82) is 0 Å². The predicted molar refractivity (Wildman–Crippen MR) is 209 cm³/mol. The highest BCUT2D eigenvalue weighted by atomic mass is 15.1. The average Bonchev–Trinajstić information content (AvgIpc) is 3.15. The zero-order chi connectivity index (χ0) is 33.3. The van der Waals surface area contributed by atoms with Crippen LogP contribution in [0.25, 0.3) is 22.8 Å². The van der Waals surface area contributed by atoms with E-state index < -0.39 is 0 Å². The van der Waals surface area contributed by atoms with Crippen molar-refractivity contribution in [3.63, 3.8) is 0 Å². The molecule has 2 aliphatic rings. The smallest absolute Gasteiger partial charge is 0.0551 e. The lowest BCUT2D eigenvalue weighted by molar-refractivity contribution is 0.338. The van der Waals surface area contributed by atoms with Gasteiger partial charge in [-0.05, 0) is 95.2 Å². The fourth-order valence-corrected chi connectivity index (χ4v) is 7.15. The second-order valence-corrected chi connectivity index (χ2v) is 13.1. The zero-order valence-electron chi connectivity index (χ0n) is 28.4. The fourth-order valence-electron chi connectivity index (χ4n) is 7.15. The fraction of sp³-hybridized carbons (Fsp3) is 0.174. The lowest BCUT2D eigenvalue weighted by atomic mass is 9.68. The summed E-state index contributed by atoms with van der Waals surface area (Å²) in [5, 5.41) is 3.62. The topological polar surface area (TPSA) is 15.3 Å². The van der Waals surface area contributed by atoms with Crippen LogP contribution >= 0.6 is 0 Å². The summed E-state index contributed by atoms with van der Waals surface area (Å²) in [5.41, 5.74) is 12.1. The van der Waals surface area contributed by atoms with E-state index in [2.05, 4.69) is 183 Å². The van der Waals surface area contributed by atoms with E-state index in [4.69, 9.17) is 0 Å². The Hall–Kier alpha value is -5.34. The first-order valence-electron chi connectivity index (χ1n) is 17.1. The van der Waals surface area contributed by atoms with Crippen molar-refractivity contribution in [2.24, 2.45) is 5.92 Å². The second kappa shape index (κ2) is 15.0. The van der Waals surface area contributed by atoms with Crippen LogP contribution < -0.4 is 10.2 Å². The Morgan fingerprint density at radius 1 is 0.854 bits per heavy atom. The maximum absolute atomic E-state index is 4.04. The van der Waals surface area contributed by atoms with Gasteiger partial charge >= 0.3 is 0 Å². The Morgan fingerprint density at radius 2 is 1.62 bits per heavy atom. The molecule has 1 N–H and O–H groups in total. The quantitative estimate of drug-likeness (QED) is 0.196. The lowest BCUT2D eigenvalue weighted by Crippen LogP contribution is -2.32. The first-order valence-corrected chi connectivity index (χ1v) is 17.1. The summed E-state index contributed by atoms with van der Waals surface area (Å²) in [6, 6.07) is 34.8. The maximum atomic E-state index is 4.04. The van der Waals surface area contributed by atoms with Crippen LogP contribution in [0.1, 0.15) is 55.4 Å². The van der Waals surface area contributed by atoms with E-state index in [9.17, 15) is 0 Å². The Labute approximate surface area is 287 Å². The Balaban J connectivity index is 1.55. The monoisotopic (exact) mass is 626 g/mol. The van der Waals surface area contributed by atoms with Crippen molar-refractivity contribution in [2.45, 2.75) is 45.4 Å². The minimum atomic E-state index is -0.0129. The van der Waals surface area contributed by atoms with Gasteiger partial charge in [0.2, 0.25) is 0 Å². The van der Waals surface area contributed by atoms with E-state index in [0.29, 0.717) is 5.92 Å². The molecule has 6 rings (SSSR count). The highest BCUT2D eigenvalue weighted by Gasteiger charge is 2.34. The Kier molecular flexibility index (Phi) is 10.2. The molecule has 0 aromatic heterocycles. The minimum Gasteiger partial charge on any atom is -0.361 e. The summed E-state index contributed by atoms with van der Waals surface area (Å²) in [6.07, 6.45) is 26.8. The SMILES string of the molecule is C=C/C=C(\C=C/N(C1=CC(C(C)(C)c2ccccc2C)CCC1)c1cccc2c1-c1ccccc1\C=C/C=C\C=C\N2)c1ccccc1.